The second-order valence-corrected chi connectivity index (χ2v) is 18.5. The van der Waals surface area contributed by atoms with Crippen LogP contribution >= 0.6 is 0 Å². The number of fused-ring (bicyclic) bond motifs is 1. The van der Waals surface area contributed by atoms with Crippen molar-refractivity contribution in [2.24, 2.45) is 17.8 Å². The molecule has 2 N–H and O–H groups in total. The van der Waals surface area contributed by atoms with E-state index in [0.717, 1.165) is 113 Å². The van der Waals surface area contributed by atoms with E-state index in [2.05, 4.69) is 40.2 Å². The number of carbonyl (C=O) groups excluding carboxylic acids is 5. The maximum atomic E-state index is 13.5. The molecule has 348 valence electrons. The number of imide groups is 2. The Balaban J connectivity index is 0.661. The molecule has 6 aliphatic heterocycles. The summed E-state index contributed by atoms with van der Waals surface area (Å²) in [7, 11) is 0. The summed E-state index contributed by atoms with van der Waals surface area (Å²) in [6.07, 6.45) is 4.24. The van der Waals surface area contributed by atoms with Crippen LogP contribution in [0.2, 0.25) is 0 Å². The molecule has 0 aliphatic carbocycles. The van der Waals surface area contributed by atoms with Gasteiger partial charge in [-0.1, -0.05) is 0 Å². The zero-order valence-electron chi connectivity index (χ0n) is 36.8. The van der Waals surface area contributed by atoms with Gasteiger partial charge in [0.25, 0.3) is 11.8 Å². The molecular formula is C47H54F3N11O5. The van der Waals surface area contributed by atoms with Gasteiger partial charge in [0.1, 0.15) is 6.04 Å². The lowest BCUT2D eigenvalue weighted by molar-refractivity contribution is -0.138. The van der Waals surface area contributed by atoms with Crippen LogP contribution in [0.25, 0.3) is 0 Å². The summed E-state index contributed by atoms with van der Waals surface area (Å²) < 4.78 is 40.5. The molecule has 0 bridgehead atoms. The minimum Gasteiger partial charge on any atom is -0.371 e. The normalized spacial score (nSPS) is 22.1. The van der Waals surface area contributed by atoms with Gasteiger partial charge in [0, 0.05) is 102 Å². The van der Waals surface area contributed by atoms with Gasteiger partial charge in [-0.05, 0) is 93.2 Å². The van der Waals surface area contributed by atoms with E-state index in [4.69, 9.17) is 5.26 Å². The molecule has 1 aromatic heterocycles. The molecule has 5 saturated heterocycles. The predicted molar refractivity (Wildman–Crippen MR) is 238 cm³/mol. The fourth-order valence-corrected chi connectivity index (χ4v) is 10.5. The fourth-order valence-electron chi connectivity index (χ4n) is 10.5. The summed E-state index contributed by atoms with van der Waals surface area (Å²) in [5, 5.41) is 14.2. The first-order valence-electron chi connectivity index (χ1n) is 23.1. The molecule has 1 atom stereocenters. The lowest BCUT2D eigenvalue weighted by atomic mass is 9.94. The standard InChI is InChI=1S/C47H54F3N11O5/c48-47(49,50)39-24-35(2-1-33(39)25-51)59-17-11-32(12-18-59)42(63)55-46-52-26-36(27-53-46)60-15-9-31(10-16-60)29-57-21-19-56(20-22-57)28-30-7-13-58(14-8-30)34-3-4-37-38(23-34)45(66)61(44(37)65)40-5-6-41(62)54-43(40)64/h1-4,23-24,26-27,30-32,40H,5-22,28-29H2,(H,54,62,64)(H,52,53,55,63). The second-order valence-electron chi connectivity index (χ2n) is 18.5. The first-order chi connectivity index (χ1) is 31.8. The summed E-state index contributed by atoms with van der Waals surface area (Å²) in [6.45, 7) is 10.7. The van der Waals surface area contributed by atoms with Gasteiger partial charge >= 0.3 is 6.18 Å². The Morgan fingerprint density at radius 2 is 1.23 bits per heavy atom. The van der Waals surface area contributed by atoms with E-state index >= 15 is 0 Å². The molecule has 9 rings (SSSR count). The lowest BCUT2D eigenvalue weighted by Gasteiger charge is -2.41. The number of piperidine rings is 4. The number of rotatable bonds is 10. The Morgan fingerprint density at radius 3 is 1.79 bits per heavy atom. The Hall–Kier alpha value is -6.13. The van der Waals surface area contributed by atoms with Crippen LogP contribution in [-0.4, -0.2) is 139 Å². The van der Waals surface area contributed by atoms with Crippen LogP contribution in [0.15, 0.2) is 48.8 Å². The molecule has 66 heavy (non-hydrogen) atoms. The van der Waals surface area contributed by atoms with Crippen LogP contribution in [0.5, 0.6) is 0 Å². The van der Waals surface area contributed by atoms with Crippen molar-refractivity contribution in [3.63, 3.8) is 0 Å². The van der Waals surface area contributed by atoms with Gasteiger partial charge in [0.15, 0.2) is 0 Å². The number of hydrogen-bond donors (Lipinski definition) is 2. The van der Waals surface area contributed by atoms with Gasteiger partial charge in [-0.2, -0.15) is 18.4 Å². The number of amides is 5. The number of nitriles is 1. The van der Waals surface area contributed by atoms with Crippen molar-refractivity contribution in [2.75, 3.05) is 98.6 Å². The van der Waals surface area contributed by atoms with Crippen LogP contribution in [0.4, 0.5) is 36.2 Å². The molecular weight excluding hydrogens is 856 g/mol. The second kappa shape index (κ2) is 19.0. The van der Waals surface area contributed by atoms with E-state index in [1.165, 1.54) is 12.1 Å². The van der Waals surface area contributed by atoms with E-state index in [1.54, 1.807) is 30.6 Å². The van der Waals surface area contributed by atoms with E-state index in [1.807, 2.05) is 11.0 Å². The van der Waals surface area contributed by atoms with Crippen molar-refractivity contribution in [3.05, 3.63) is 71.0 Å². The maximum Gasteiger partial charge on any atom is 0.417 e. The molecule has 1 unspecified atom stereocenters. The molecule has 6 aliphatic rings. The Kier molecular flexibility index (Phi) is 13.0. The van der Waals surface area contributed by atoms with Crippen molar-refractivity contribution in [2.45, 2.75) is 63.6 Å². The van der Waals surface area contributed by atoms with Crippen molar-refractivity contribution < 1.29 is 37.1 Å². The lowest BCUT2D eigenvalue weighted by Crippen LogP contribution is -2.54. The average Bonchev–Trinajstić information content (AvgIpc) is 3.57. The number of nitrogens with zero attached hydrogens (tertiary/aromatic N) is 9. The van der Waals surface area contributed by atoms with E-state index in [0.29, 0.717) is 54.6 Å². The van der Waals surface area contributed by atoms with Crippen molar-refractivity contribution in [1.82, 2.24) is 30.0 Å². The van der Waals surface area contributed by atoms with Crippen molar-refractivity contribution in [3.8, 4) is 6.07 Å². The zero-order valence-corrected chi connectivity index (χ0v) is 36.8. The van der Waals surface area contributed by atoms with Crippen LogP contribution in [0, 0.1) is 29.1 Å². The predicted octanol–water partition coefficient (Wildman–Crippen LogP) is 4.37. The molecule has 0 saturated carbocycles. The summed E-state index contributed by atoms with van der Waals surface area (Å²) in [5.41, 5.74) is 1.44. The Labute approximate surface area is 381 Å². The van der Waals surface area contributed by atoms with Gasteiger partial charge in [0.05, 0.1) is 46.4 Å². The average molecular weight is 910 g/mol. The highest BCUT2D eigenvalue weighted by Crippen LogP contribution is 2.36. The highest BCUT2D eigenvalue weighted by atomic mass is 19.4. The number of nitrogens with one attached hydrogen (secondary N) is 2. The number of halogens is 3. The van der Waals surface area contributed by atoms with Crippen molar-refractivity contribution in [1.29, 1.82) is 5.26 Å². The summed E-state index contributed by atoms with van der Waals surface area (Å²) in [5.74, 6) is -1.09. The van der Waals surface area contributed by atoms with Crippen LogP contribution in [0.1, 0.15) is 83.2 Å². The number of benzene rings is 2. The fraction of sp³-hybridized carbons (Fsp3) is 0.532. The molecule has 0 radical (unpaired) electrons. The highest BCUT2D eigenvalue weighted by molar-refractivity contribution is 6.23. The first-order valence-corrected chi connectivity index (χ1v) is 23.1. The van der Waals surface area contributed by atoms with Gasteiger partial charge < -0.3 is 24.5 Å². The number of alkyl halides is 3. The molecule has 5 fully saturated rings. The Bertz CT molecular complexity index is 2380. The molecule has 2 aromatic carbocycles. The molecule has 5 amide bonds. The zero-order chi connectivity index (χ0) is 46.1. The summed E-state index contributed by atoms with van der Waals surface area (Å²) in [6, 6.07) is 9.72. The number of hydrogen-bond acceptors (Lipinski definition) is 13. The molecule has 7 heterocycles. The SMILES string of the molecule is N#Cc1ccc(N2CCC(C(=O)Nc3ncc(N4CCC(CN5CCN(CC6CCN(c7ccc8c(c7)C(=O)N(C7CCC(=O)NC7=O)C8=O)CC6)CC5)CC4)cn3)CC2)cc1C(F)(F)F. The van der Waals surface area contributed by atoms with Gasteiger partial charge in [-0.25, -0.2) is 9.97 Å². The number of piperazine rings is 1. The molecule has 16 nitrogen and oxygen atoms in total. The van der Waals surface area contributed by atoms with Gasteiger partial charge in [-0.3, -0.25) is 39.5 Å². The third-order valence-corrected chi connectivity index (χ3v) is 14.4. The van der Waals surface area contributed by atoms with Crippen LogP contribution < -0.4 is 25.3 Å². The largest absolute Gasteiger partial charge is 0.417 e. The number of aromatic nitrogens is 2. The monoisotopic (exact) mass is 909 g/mol. The number of anilines is 4. The molecule has 19 heteroatoms. The summed E-state index contributed by atoms with van der Waals surface area (Å²) in [4.78, 5) is 85.1. The summed E-state index contributed by atoms with van der Waals surface area (Å²) >= 11 is 0. The van der Waals surface area contributed by atoms with E-state index < -0.39 is 47.0 Å². The van der Waals surface area contributed by atoms with E-state index in [9.17, 15) is 37.1 Å². The van der Waals surface area contributed by atoms with Gasteiger partial charge in [0.2, 0.25) is 23.7 Å². The van der Waals surface area contributed by atoms with Crippen LogP contribution in [-0.2, 0) is 20.6 Å². The van der Waals surface area contributed by atoms with Gasteiger partial charge in [-0.15, -0.1) is 0 Å². The minimum atomic E-state index is -4.63. The Morgan fingerprint density at radius 1 is 0.697 bits per heavy atom. The first kappa shape index (κ1) is 45.0. The molecule has 0 spiro atoms. The topological polar surface area (TPSA) is 178 Å². The number of carbonyl (C=O) groups is 5. The van der Waals surface area contributed by atoms with Crippen LogP contribution in [0.3, 0.4) is 0 Å². The maximum absolute atomic E-state index is 13.5. The van der Waals surface area contributed by atoms with Crippen molar-refractivity contribution >= 4 is 52.5 Å². The third-order valence-electron chi connectivity index (χ3n) is 14.4. The van der Waals surface area contributed by atoms with E-state index in [-0.39, 0.29) is 30.6 Å². The highest BCUT2D eigenvalue weighted by Gasteiger charge is 2.45. The molecule has 3 aromatic rings. The minimum absolute atomic E-state index is 0.0890. The third kappa shape index (κ3) is 9.71. The quantitative estimate of drug-likeness (QED) is 0.275. The smallest absolute Gasteiger partial charge is 0.371 e.